The highest BCUT2D eigenvalue weighted by molar-refractivity contribution is 5.93. The Balaban J connectivity index is 1.62. The highest BCUT2D eigenvalue weighted by Gasteiger charge is 2.16. The van der Waals surface area contributed by atoms with Gasteiger partial charge in [0, 0.05) is 23.1 Å². The van der Waals surface area contributed by atoms with Gasteiger partial charge in [0.25, 0.3) is 0 Å². The van der Waals surface area contributed by atoms with Crippen LogP contribution in [-0.2, 0) is 11.3 Å². The van der Waals surface area contributed by atoms with Crippen LogP contribution in [0.1, 0.15) is 15.9 Å². The predicted molar refractivity (Wildman–Crippen MR) is 97.3 cm³/mol. The zero-order chi connectivity index (χ0) is 19.5. The maximum absolute atomic E-state index is 12.6. The zero-order valence-electron chi connectivity index (χ0n) is 14.7. The zero-order valence-corrected chi connectivity index (χ0v) is 14.7. The number of nitrogens with zero attached hydrogens (tertiary/aromatic N) is 4. The van der Waals surface area contributed by atoms with E-state index < -0.39 is 11.6 Å². The Bertz CT molecular complexity index is 1200. The number of benzene rings is 2. The van der Waals surface area contributed by atoms with Crippen LogP contribution < -0.4 is 10.4 Å². The molecular formula is C19H14N4O5. The van der Waals surface area contributed by atoms with E-state index in [1.165, 1.54) is 24.2 Å². The van der Waals surface area contributed by atoms with Crippen LogP contribution in [0.3, 0.4) is 0 Å². The van der Waals surface area contributed by atoms with Gasteiger partial charge in [-0.2, -0.15) is 4.68 Å². The quantitative estimate of drug-likeness (QED) is 0.384. The van der Waals surface area contributed by atoms with E-state index in [4.69, 9.17) is 13.9 Å². The van der Waals surface area contributed by atoms with E-state index in [-0.39, 0.29) is 6.61 Å². The second-order valence-corrected chi connectivity index (χ2v) is 5.80. The molecule has 0 amide bonds. The lowest BCUT2D eigenvalue weighted by Crippen LogP contribution is -2.11. The van der Waals surface area contributed by atoms with Gasteiger partial charge >= 0.3 is 11.6 Å². The van der Waals surface area contributed by atoms with Crippen molar-refractivity contribution in [3.05, 3.63) is 76.4 Å². The van der Waals surface area contributed by atoms with E-state index in [1.54, 1.807) is 42.5 Å². The molecule has 4 aromatic rings. The monoisotopic (exact) mass is 378 g/mol. The predicted octanol–water partition coefficient (Wildman–Crippen LogP) is 2.13. The van der Waals surface area contributed by atoms with Gasteiger partial charge in [-0.25, -0.2) is 9.59 Å². The molecule has 0 N–H and O–H groups in total. The molecule has 9 nitrogen and oxygen atoms in total. The van der Waals surface area contributed by atoms with E-state index in [2.05, 4.69) is 15.5 Å². The average molecular weight is 378 g/mol. The van der Waals surface area contributed by atoms with E-state index in [1.807, 2.05) is 0 Å². The smallest absolute Gasteiger partial charge is 0.340 e. The molecule has 2 aromatic heterocycles. The normalized spacial score (nSPS) is 10.8. The summed E-state index contributed by atoms with van der Waals surface area (Å²) in [5, 5.41) is 11.6. The van der Waals surface area contributed by atoms with Crippen molar-refractivity contribution in [1.82, 2.24) is 20.2 Å². The first-order chi connectivity index (χ1) is 13.7. The van der Waals surface area contributed by atoms with Crippen LogP contribution in [0.4, 0.5) is 0 Å². The molecule has 140 valence electrons. The molecule has 4 rings (SSSR count). The highest BCUT2D eigenvalue weighted by Crippen LogP contribution is 2.23. The third-order valence-electron chi connectivity index (χ3n) is 4.12. The fourth-order valence-corrected chi connectivity index (χ4v) is 2.80. The van der Waals surface area contributed by atoms with Gasteiger partial charge in [0.05, 0.1) is 18.4 Å². The summed E-state index contributed by atoms with van der Waals surface area (Å²) in [7, 11) is 1.52. The van der Waals surface area contributed by atoms with E-state index in [9.17, 15) is 9.59 Å². The summed E-state index contributed by atoms with van der Waals surface area (Å²) in [6, 6.07) is 13.2. The summed E-state index contributed by atoms with van der Waals surface area (Å²) in [6.45, 7) is -0.1000. The van der Waals surface area contributed by atoms with Crippen molar-refractivity contribution in [3.8, 4) is 11.4 Å². The van der Waals surface area contributed by atoms with Gasteiger partial charge in [0.15, 0.2) is 0 Å². The number of ether oxygens (including phenoxy) is 2. The second kappa shape index (κ2) is 7.31. The minimum atomic E-state index is -0.569. The number of carbonyl (C=O) groups is 1. The lowest BCUT2D eigenvalue weighted by Gasteiger charge is -2.10. The highest BCUT2D eigenvalue weighted by atomic mass is 16.5. The minimum Gasteiger partial charge on any atom is -0.497 e. The number of esters is 1. The molecule has 0 unspecified atom stereocenters. The molecule has 2 aromatic carbocycles. The topological polar surface area (TPSA) is 109 Å². The molecule has 0 bridgehead atoms. The van der Waals surface area contributed by atoms with Gasteiger partial charge in [-0.15, -0.1) is 5.10 Å². The molecule has 0 aliphatic rings. The molecular weight excluding hydrogens is 364 g/mol. The van der Waals surface area contributed by atoms with Crippen LogP contribution in [0.5, 0.6) is 5.75 Å². The molecule has 28 heavy (non-hydrogen) atoms. The van der Waals surface area contributed by atoms with E-state index >= 15 is 0 Å². The van der Waals surface area contributed by atoms with Crippen molar-refractivity contribution in [2.45, 2.75) is 6.61 Å². The minimum absolute atomic E-state index is 0.1000. The van der Waals surface area contributed by atoms with Gasteiger partial charge in [0.2, 0.25) is 0 Å². The van der Waals surface area contributed by atoms with Crippen LogP contribution in [0.2, 0.25) is 0 Å². The van der Waals surface area contributed by atoms with Crippen molar-refractivity contribution in [1.29, 1.82) is 0 Å². The van der Waals surface area contributed by atoms with Crippen LogP contribution in [0.15, 0.2) is 64.1 Å². The summed E-state index contributed by atoms with van der Waals surface area (Å²) >= 11 is 0. The Morgan fingerprint density at radius 1 is 1.18 bits per heavy atom. The third kappa shape index (κ3) is 3.32. The lowest BCUT2D eigenvalue weighted by molar-refractivity contribution is 0.0473. The lowest BCUT2D eigenvalue weighted by atomic mass is 10.1. The maximum atomic E-state index is 12.6. The number of methoxy groups -OCH3 is 1. The molecule has 0 aliphatic carbocycles. The first kappa shape index (κ1) is 17.4. The Hall–Kier alpha value is -4.01. The van der Waals surface area contributed by atoms with Gasteiger partial charge in [0.1, 0.15) is 24.3 Å². The van der Waals surface area contributed by atoms with Crippen LogP contribution in [0, 0.1) is 0 Å². The Kier molecular flexibility index (Phi) is 4.55. The summed E-state index contributed by atoms with van der Waals surface area (Å²) in [4.78, 5) is 24.5. The average Bonchev–Trinajstić information content (AvgIpc) is 3.26. The molecule has 2 heterocycles. The van der Waals surface area contributed by atoms with Crippen molar-refractivity contribution in [2.75, 3.05) is 7.11 Å². The molecule has 0 atom stereocenters. The standard InChI is InChI=1S/C19H14N4O5/c1-26-13-6-7-14-12(8-18(24)28-17(14)9-13)10-27-19(25)15-4-2-3-5-16(15)23-11-20-21-22-23/h2-9,11H,10H2,1H3. The fraction of sp³-hybridized carbons (Fsp3) is 0.105. The number of tetrazole rings is 1. The maximum Gasteiger partial charge on any atom is 0.340 e. The Labute approximate surface area is 158 Å². The summed E-state index contributed by atoms with van der Waals surface area (Å²) in [5.74, 6) is -0.0128. The van der Waals surface area contributed by atoms with Gasteiger partial charge in [-0.1, -0.05) is 12.1 Å². The van der Waals surface area contributed by atoms with Gasteiger partial charge < -0.3 is 13.9 Å². The van der Waals surface area contributed by atoms with Crippen molar-refractivity contribution in [2.24, 2.45) is 0 Å². The molecule has 0 spiro atoms. The fourth-order valence-electron chi connectivity index (χ4n) is 2.80. The third-order valence-corrected chi connectivity index (χ3v) is 4.12. The number of fused-ring (bicyclic) bond motifs is 1. The van der Waals surface area contributed by atoms with Crippen LogP contribution >= 0.6 is 0 Å². The number of rotatable bonds is 5. The van der Waals surface area contributed by atoms with Crippen molar-refractivity contribution in [3.63, 3.8) is 0 Å². The van der Waals surface area contributed by atoms with Crippen molar-refractivity contribution < 1.29 is 18.7 Å². The number of hydrogen-bond donors (Lipinski definition) is 0. The Morgan fingerprint density at radius 3 is 2.82 bits per heavy atom. The summed E-state index contributed by atoms with van der Waals surface area (Å²) in [6.07, 6.45) is 1.38. The van der Waals surface area contributed by atoms with Crippen LogP contribution in [-0.4, -0.2) is 33.3 Å². The second-order valence-electron chi connectivity index (χ2n) is 5.80. The summed E-state index contributed by atoms with van der Waals surface area (Å²) in [5.41, 5.74) is 1.12. The SMILES string of the molecule is COc1ccc2c(COC(=O)c3ccccc3-n3cnnn3)cc(=O)oc2c1. The number of para-hydroxylation sites is 1. The molecule has 0 saturated carbocycles. The molecule has 0 radical (unpaired) electrons. The summed E-state index contributed by atoms with van der Waals surface area (Å²) < 4.78 is 17.2. The number of hydrogen-bond acceptors (Lipinski definition) is 8. The molecule has 0 fully saturated rings. The van der Waals surface area contributed by atoms with Gasteiger partial charge in [-0.05, 0) is 34.7 Å². The van der Waals surface area contributed by atoms with Gasteiger partial charge in [-0.3, -0.25) is 0 Å². The number of carbonyl (C=O) groups excluding carboxylic acids is 1. The number of aromatic nitrogens is 4. The first-order valence-corrected chi connectivity index (χ1v) is 8.26. The van der Waals surface area contributed by atoms with Crippen LogP contribution in [0.25, 0.3) is 16.7 Å². The largest absolute Gasteiger partial charge is 0.497 e. The molecule has 9 heteroatoms. The van der Waals surface area contributed by atoms with Crippen molar-refractivity contribution >= 4 is 16.9 Å². The molecule has 0 aliphatic heterocycles. The Morgan fingerprint density at radius 2 is 2.04 bits per heavy atom. The molecule has 0 saturated heterocycles. The van der Waals surface area contributed by atoms with E-state index in [0.29, 0.717) is 33.5 Å². The first-order valence-electron chi connectivity index (χ1n) is 8.26. The van der Waals surface area contributed by atoms with E-state index in [0.717, 1.165) is 0 Å².